The number of benzene rings is 3. The van der Waals surface area contributed by atoms with E-state index in [1.165, 1.54) is 5.56 Å². The van der Waals surface area contributed by atoms with Crippen molar-refractivity contribution in [3.63, 3.8) is 0 Å². The number of rotatable bonds is 14. The summed E-state index contributed by atoms with van der Waals surface area (Å²) < 4.78 is 11.7. The Labute approximate surface area is 222 Å². The number of hydrogen-bond acceptors (Lipinski definition) is 6. The molecule has 0 aliphatic heterocycles. The second kappa shape index (κ2) is 13.8. The van der Waals surface area contributed by atoms with Crippen molar-refractivity contribution in [3.05, 3.63) is 108 Å². The summed E-state index contributed by atoms with van der Waals surface area (Å²) in [5.74, 6) is 0.929. The molecule has 0 unspecified atom stereocenters. The molecule has 196 valence electrons. The summed E-state index contributed by atoms with van der Waals surface area (Å²) in [5.41, 5.74) is 3.86. The highest BCUT2D eigenvalue weighted by molar-refractivity contribution is 6.35. The Hall–Kier alpha value is -4.39. The molecule has 38 heavy (non-hydrogen) atoms. The topological polar surface area (TPSA) is 94.2 Å². The number of hydrogen-bond donors (Lipinski definition) is 1. The first kappa shape index (κ1) is 26.7. The van der Waals surface area contributed by atoms with Crippen molar-refractivity contribution in [3.8, 4) is 17.2 Å². The van der Waals surface area contributed by atoms with E-state index in [1.807, 2.05) is 79.7 Å². The number of carboxylic acids is 1. The van der Waals surface area contributed by atoms with E-state index < -0.39 is 5.97 Å². The molecule has 0 saturated carbocycles. The van der Waals surface area contributed by atoms with Gasteiger partial charge in [-0.3, -0.25) is 0 Å². The number of ether oxygens (including phenoxy) is 1. The van der Waals surface area contributed by atoms with E-state index in [9.17, 15) is 9.90 Å². The summed E-state index contributed by atoms with van der Waals surface area (Å²) in [6, 6.07) is 27.4. The molecule has 0 atom stereocenters. The number of carbonyl (C=O) groups is 1. The lowest BCUT2D eigenvalue weighted by Gasteiger charge is -2.07. The molecule has 0 bridgehead atoms. The van der Waals surface area contributed by atoms with Crippen LogP contribution < -0.4 is 4.74 Å². The van der Waals surface area contributed by atoms with Gasteiger partial charge in [0.1, 0.15) is 30.4 Å². The molecule has 0 saturated heterocycles. The Morgan fingerprint density at radius 2 is 1.58 bits per heavy atom. The van der Waals surface area contributed by atoms with E-state index in [2.05, 4.69) is 22.3 Å². The van der Waals surface area contributed by atoms with Gasteiger partial charge in [-0.2, -0.15) is 0 Å². The third-order valence-electron chi connectivity index (χ3n) is 6.09. The Morgan fingerprint density at radius 3 is 2.29 bits per heavy atom. The molecule has 0 fully saturated rings. The van der Waals surface area contributed by atoms with Gasteiger partial charge in [0.25, 0.3) is 0 Å². The molecular weight excluding hydrogens is 480 g/mol. The maximum atomic E-state index is 11.5. The van der Waals surface area contributed by atoms with E-state index in [0.717, 1.165) is 48.3 Å². The Bertz CT molecular complexity index is 1320. The number of oxime groups is 1. The first-order valence-electron chi connectivity index (χ1n) is 12.8. The van der Waals surface area contributed by atoms with Gasteiger partial charge < -0.3 is 19.1 Å². The standard InChI is InChI=1S/C31H32N2O5/c1-23-29(32-30(38-23)26-14-8-4-9-15-26)22-36-27-19-17-25(18-20-27)21-37-33-28(31(34)35)16-10-3-7-13-24-11-5-2-6-12-24/h2,4-6,8-9,11-12,14-15,17-20H,3,7,10,13,16,21-22H2,1H3,(H,34,35). The minimum Gasteiger partial charge on any atom is -0.487 e. The van der Waals surface area contributed by atoms with Gasteiger partial charge in [-0.05, 0) is 61.6 Å². The summed E-state index contributed by atoms with van der Waals surface area (Å²) in [6.07, 6.45) is 4.07. The largest absolute Gasteiger partial charge is 0.487 e. The summed E-state index contributed by atoms with van der Waals surface area (Å²) in [7, 11) is 0. The lowest BCUT2D eigenvalue weighted by molar-refractivity contribution is -0.129. The summed E-state index contributed by atoms with van der Waals surface area (Å²) in [4.78, 5) is 21.4. The summed E-state index contributed by atoms with van der Waals surface area (Å²) in [6.45, 7) is 2.33. The molecule has 0 aliphatic carbocycles. The van der Waals surface area contributed by atoms with Crippen LogP contribution >= 0.6 is 0 Å². The smallest absolute Gasteiger partial charge is 0.353 e. The van der Waals surface area contributed by atoms with Gasteiger partial charge in [0.15, 0.2) is 5.71 Å². The van der Waals surface area contributed by atoms with Crippen molar-refractivity contribution in [1.82, 2.24) is 4.98 Å². The van der Waals surface area contributed by atoms with Gasteiger partial charge in [0.05, 0.1) is 0 Å². The van der Waals surface area contributed by atoms with Crippen molar-refractivity contribution < 1.29 is 23.9 Å². The van der Waals surface area contributed by atoms with Gasteiger partial charge in [0.2, 0.25) is 5.89 Å². The predicted octanol–water partition coefficient (Wildman–Crippen LogP) is 6.99. The normalized spacial score (nSPS) is 11.3. The molecule has 0 aliphatic rings. The molecule has 4 aromatic rings. The maximum Gasteiger partial charge on any atom is 0.353 e. The van der Waals surface area contributed by atoms with Gasteiger partial charge in [-0.15, -0.1) is 0 Å². The second-order valence-electron chi connectivity index (χ2n) is 8.98. The zero-order valence-electron chi connectivity index (χ0n) is 21.5. The number of aliphatic carboxylic acids is 1. The van der Waals surface area contributed by atoms with Crippen LogP contribution in [0.1, 0.15) is 48.3 Å². The number of unbranched alkanes of at least 4 members (excludes halogenated alkanes) is 2. The minimum atomic E-state index is -1.05. The van der Waals surface area contributed by atoms with Gasteiger partial charge >= 0.3 is 5.97 Å². The van der Waals surface area contributed by atoms with Gasteiger partial charge in [0, 0.05) is 12.0 Å². The molecule has 0 spiro atoms. The van der Waals surface area contributed by atoms with Crippen molar-refractivity contribution in [1.29, 1.82) is 0 Å². The number of oxazole rings is 1. The predicted molar refractivity (Wildman–Crippen MR) is 146 cm³/mol. The second-order valence-corrected chi connectivity index (χ2v) is 8.98. The molecule has 1 aromatic heterocycles. The average molecular weight is 513 g/mol. The fourth-order valence-corrected chi connectivity index (χ4v) is 3.92. The van der Waals surface area contributed by atoms with Gasteiger partial charge in [-0.1, -0.05) is 72.2 Å². The highest BCUT2D eigenvalue weighted by Gasteiger charge is 2.12. The zero-order valence-corrected chi connectivity index (χ0v) is 21.5. The quantitative estimate of drug-likeness (QED) is 0.111. The molecular formula is C31H32N2O5. The SMILES string of the molecule is Cc1oc(-c2ccccc2)nc1COc1ccc(CON=C(CCCCCc2ccccc2)C(=O)O)cc1. The fraction of sp³-hybridized carbons (Fsp3) is 0.258. The fourth-order valence-electron chi connectivity index (χ4n) is 3.92. The van der Waals surface area contributed by atoms with Crippen LogP contribution in [0.3, 0.4) is 0 Å². The van der Waals surface area contributed by atoms with Crippen LogP contribution in [0.15, 0.2) is 94.5 Å². The summed E-state index contributed by atoms with van der Waals surface area (Å²) >= 11 is 0. The van der Waals surface area contributed by atoms with E-state index >= 15 is 0 Å². The first-order chi connectivity index (χ1) is 18.6. The number of aryl methyl sites for hydroxylation is 2. The molecule has 7 nitrogen and oxygen atoms in total. The Kier molecular flexibility index (Phi) is 9.68. The lowest BCUT2D eigenvalue weighted by atomic mass is 10.1. The van der Waals surface area contributed by atoms with Crippen LogP contribution in [-0.2, 0) is 29.3 Å². The lowest BCUT2D eigenvalue weighted by Crippen LogP contribution is -2.13. The van der Waals surface area contributed by atoms with E-state index in [0.29, 0.717) is 18.1 Å². The van der Waals surface area contributed by atoms with Crippen LogP contribution in [-0.4, -0.2) is 21.8 Å². The van der Waals surface area contributed by atoms with Crippen LogP contribution in [0, 0.1) is 6.92 Å². The summed E-state index contributed by atoms with van der Waals surface area (Å²) in [5, 5.41) is 13.3. The molecule has 1 N–H and O–H groups in total. The van der Waals surface area contributed by atoms with Crippen LogP contribution in [0.4, 0.5) is 0 Å². The third kappa shape index (κ3) is 8.06. The average Bonchev–Trinajstić information content (AvgIpc) is 3.32. The number of nitrogens with zero attached hydrogens (tertiary/aromatic N) is 2. The van der Waals surface area contributed by atoms with Crippen molar-refractivity contribution in [2.75, 3.05) is 0 Å². The minimum absolute atomic E-state index is 0.0440. The molecule has 7 heteroatoms. The zero-order chi connectivity index (χ0) is 26.6. The third-order valence-corrected chi connectivity index (χ3v) is 6.09. The van der Waals surface area contributed by atoms with Crippen molar-refractivity contribution in [2.24, 2.45) is 5.16 Å². The number of aromatic nitrogens is 1. The molecule has 0 amide bonds. The highest BCUT2D eigenvalue weighted by atomic mass is 16.6. The highest BCUT2D eigenvalue weighted by Crippen LogP contribution is 2.23. The van der Waals surface area contributed by atoms with Crippen LogP contribution in [0.25, 0.3) is 11.5 Å². The molecule has 4 rings (SSSR count). The van der Waals surface area contributed by atoms with E-state index in [-0.39, 0.29) is 18.9 Å². The van der Waals surface area contributed by atoms with Crippen LogP contribution in [0.2, 0.25) is 0 Å². The Morgan fingerprint density at radius 1 is 0.868 bits per heavy atom. The molecule has 1 heterocycles. The monoisotopic (exact) mass is 512 g/mol. The Balaban J connectivity index is 1.20. The molecule has 0 radical (unpaired) electrons. The van der Waals surface area contributed by atoms with Crippen molar-refractivity contribution in [2.45, 2.75) is 52.2 Å². The first-order valence-corrected chi connectivity index (χ1v) is 12.8. The van der Waals surface area contributed by atoms with Gasteiger partial charge in [-0.25, -0.2) is 9.78 Å². The van der Waals surface area contributed by atoms with E-state index in [1.54, 1.807) is 0 Å². The maximum absolute atomic E-state index is 11.5. The van der Waals surface area contributed by atoms with Crippen molar-refractivity contribution >= 4 is 11.7 Å². The number of carboxylic acid groups (broad SMARTS) is 1. The van der Waals surface area contributed by atoms with E-state index in [4.69, 9.17) is 14.0 Å². The van der Waals surface area contributed by atoms with Crippen LogP contribution in [0.5, 0.6) is 5.75 Å². The molecule has 3 aromatic carbocycles.